The summed E-state index contributed by atoms with van der Waals surface area (Å²) in [4.78, 5) is 27.9. The lowest BCUT2D eigenvalue weighted by Gasteiger charge is -2.41. The Bertz CT molecular complexity index is 1030. The molecule has 0 aliphatic carbocycles. The van der Waals surface area contributed by atoms with Crippen molar-refractivity contribution in [2.75, 3.05) is 11.4 Å². The molecule has 4 rings (SSSR count). The molecule has 0 saturated carbocycles. The Morgan fingerprint density at radius 3 is 2.93 bits per heavy atom. The largest absolute Gasteiger partial charge is 0.368 e. The molecule has 8 heteroatoms. The van der Waals surface area contributed by atoms with Crippen LogP contribution in [0.1, 0.15) is 33.1 Å². The van der Waals surface area contributed by atoms with Gasteiger partial charge in [0.05, 0.1) is 6.20 Å². The van der Waals surface area contributed by atoms with Crippen molar-refractivity contribution >= 4 is 17.4 Å². The molecule has 3 aromatic heterocycles. The number of pyridine rings is 1. The van der Waals surface area contributed by atoms with E-state index in [9.17, 15) is 9.18 Å². The summed E-state index contributed by atoms with van der Waals surface area (Å²) in [6, 6.07) is 4.75. The average Bonchev–Trinajstić information content (AvgIpc) is 3.32. The van der Waals surface area contributed by atoms with Gasteiger partial charge >= 0.3 is 0 Å². The van der Waals surface area contributed by atoms with Gasteiger partial charge in [0.1, 0.15) is 28.5 Å². The van der Waals surface area contributed by atoms with Crippen molar-refractivity contribution in [2.24, 2.45) is 11.7 Å². The fourth-order valence-electron chi connectivity index (χ4n) is 4.25. The number of fused-ring (bicyclic) bond motifs is 1. The number of rotatable bonds is 5. The first-order chi connectivity index (χ1) is 13.5. The van der Waals surface area contributed by atoms with E-state index >= 15 is 0 Å². The topological polar surface area (TPSA) is 89.4 Å². The molecule has 7 nitrogen and oxygen atoms in total. The maximum atomic E-state index is 13.7. The van der Waals surface area contributed by atoms with Crippen molar-refractivity contribution in [1.29, 1.82) is 0 Å². The average molecular weight is 382 g/mol. The zero-order valence-corrected chi connectivity index (χ0v) is 16.0. The third kappa shape index (κ3) is 2.71. The van der Waals surface area contributed by atoms with Crippen LogP contribution in [0.25, 0.3) is 17.2 Å². The predicted octanol–water partition coefficient (Wildman–Crippen LogP) is 2.80. The molecule has 1 aliphatic heterocycles. The number of primary amides is 1. The van der Waals surface area contributed by atoms with Gasteiger partial charge in [0.15, 0.2) is 5.82 Å². The van der Waals surface area contributed by atoms with E-state index in [-0.39, 0.29) is 17.6 Å². The van der Waals surface area contributed by atoms with E-state index in [2.05, 4.69) is 23.8 Å². The van der Waals surface area contributed by atoms with Crippen LogP contribution in [-0.4, -0.2) is 37.3 Å². The SMILES string of the molecule is CCC(C)[C@]1(C(N)=O)CCCN1c1ccnc(-c2cnc3ccc(F)cn23)n1. The molecule has 1 fully saturated rings. The van der Waals surface area contributed by atoms with Gasteiger partial charge in [-0.1, -0.05) is 20.3 Å². The number of carbonyl (C=O) groups is 1. The van der Waals surface area contributed by atoms with E-state index in [1.54, 1.807) is 28.9 Å². The van der Waals surface area contributed by atoms with Gasteiger partial charge in [-0.3, -0.25) is 9.20 Å². The second kappa shape index (κ2) is 6.85. The molecule has 1 saturated heterocycles. The van der Waals surface area contributed by atoms with Gasteiger partial charge in [0, 0.05) is 18.9 Å². The number of hydrogen-bond acceptors (Lipinski definition) is 5. The molecule has 0 bridgehead atoms. The van der Waals surface area contributed by atoms with Gasteiger partial charge in [-0.25, -0.2) is 19.3 Å². The molecule has 28 heavy (non-hydrogen) atoms. The highest BCUT2D eigenvalue weighted by molar-refractivity contribution is 5.89. The van der Waals surface area contributed by atoms with E-state index in [4.69, 9.17) is 10.7 Å². The van der Waals surface area contributed by atoms with Crippen molar-refractivity contribution in [1.82, 2.24) is 19.4 Å². The van der Waals surface area contributed by atoms with Gasteiger partial charge in [-0.15, -0.1) is 0 Å². The summed E-state index contributed by atoms with van der Waals surface area (Å²) in [6.07, 6.45) is 7.04. The van der Waals surface area contributed by atoms with Crippen molar-refractivity contribution in [2.45, 2.75) is 38.6 Å². The Labute approximate surface area is 162 Å². The molecule has 0 radical (unpaired) electrons. The predicted molar refractivity (Wildman–Crippen MR) is 104 cm³/mol. The third-order valence-electron chi connectivity index (χ3n) is 5.89. The van der Waals surface area contributed by atoms with Crippen LogP contribution in [-0.2, 0) is 4.79 Å². The van der Waals surface area contributed by atoms with Crippen molar-refractivity contribution < 1.29 is 9.18 Å². The monoisotopic (exact) mass is 382 g/mol. The zero-order chi connectivity index (χ0) is 19.9. The van der Waals surface area contributed by atoms with E-state index in [1.807, 2.05) is 4.90 Å². The number of aromatic nitrogens is 4. The molecule has 4 heterocycles. The van der Waals surface area contributed by atoms with E-state index in [0.717, 1.165) is 12.8 Å². The maximum Gasteiger partial charge on any atom is 0.243 e. The molecule has 0 spiro atoms. The van der Waals surface area contributed by atoms with Gasteiger partial charge in [0.2, 0.25) is 5.91 Å². The minimum atomic E-state index is -0.758. The van der Waals surface area contributed by atoms with Crippen molar-refractivity contribution in [3.05, 3.63) is 42.6 Å². The second-order valence-electron chi connectivity index (χ2n) is 7.31. The molecule has 1 unspecified atom stereocenters. The summed E-state index contributed by atoms with van der Waals surface area (Å²) in [6.45, 7) is 4.81. The summed E-state index contributed by atoms with van der Waals surface area (Å²) in [7, 11) is 0. The Hall–Kier alpha value is -3.03. The number of nitrogens with two attached hydrogens (primary N) is 1. The highest BCUT2D eigenvalue weighted by atomic mass is 19.1. The van der Waals surface area contributed by atoms with E-state index < -0.39 is 5.54 Å². The fourth-order valence-corrected chi connectivity index (χ4v) is 4.25. The van der Waals surface area contributed by atoms with E-state index in [0.29, 0.717) is 35.9 Å². The molecule has 1 aliphatic rings. The molecular weight excluding hydrogens is 359 g/mol. The van der Waals surface area contributed by atoms with Crippen LogP contribution in [0.3, 0.4) is 0 Å². The van der Waals surface area contributed by atoms with E-state index in [1.165, 1.54) is 12.3 Å². The van der Waals surface area contributed by atoms with Crippen molar-refractivity contribution in [3.63, 3.8) is 0 Å². The van der Waals surface area contributed by atoms with Crippen molar-refractivity contribution in [3.8, 4) is 11.5 Å². The smallest absolute Gasteiger partial charge is 0.243 e. The first-order valence-electron chi connectivity index (χ1n) is 9.51. The number of amides is 1. The fraction of sp³-hybridized carbons (Fsp3) is 0.400. The van der Waals surface area contributed by atoms with Crippen LogP contribution < -0.4 is 10.6 Å². The van der Waals surface area contributed by atoms with Gasteiger partial charge in [-0.2, -0.15) is 0 Å². The normalized spacial score (nSPS) is 20.6. The highest BCUT2D eigenvalue weighted by Crippen LogP contribution is 2.40. The molecule has 2 atom stereocenters. The first kappa shape index (κ1) is 18.3. The Morgan fingerprint density at radius 2 is 2.18 bits per heavy atom. The molecular formula is C20H23FN6O. The lowest BCUT2D eigenvalue weighted by atomic mass is 9.80. The number of nitrogens with zero attached hydrogens (tertiary/aromatic N) is 5. The van der Waals surface area contributed by atoms with Gasteiger partial charge < -0.3 is 10.6 Å². The number of carbonyl (C=O) groups excluding carboxylic acids is 1. The molecule has 3 aromatic rings. The Morgan fingerprint density at radius 1 is 1.36 bits per heavy atom. The quantitative estimate of drug-likeness (QED) is 0.733. The van der Waals surface area contributed by atoms with Gasteiger partial charge in [-0.05, 0) is 37.0 Å². The molecule has 1 amide bonds. The lowest BCUT2D eigenvalue weighted by molar-refractivity contribution is -0.124. The second-order valence-corrected chi connectivity index (χ2v) is 7.31. The minimum Gasteiger partial charge on any atom is -0.368 e. The summed E-state index contributed by atoms with van der Waals surface area (Å²) >= 11 is 0. The van der Waals surface area contributed by atoms with Crippen LogP contribution in [0.2, 0.25) is 0 Å². The summed E-state index contributed by atoms with van der Waals surface area (Å²) in [5.41, 5.74) is 6.32. The standard InChI is InChI=1S/C20H23FN6O/c1-3-13(2)20(19(22)28)8-4-10-27(20)17-7-9-23-18(25-17)15-11-24-16-6-5-14(21)12-26(15)16/h5-7,9,11-13H,3-4,8,10H2,1-2H3,(H2,22,28)/t13?,20-/m0/s1. The number of anilines is 1. The van der Waals surface area contributed by atoms with Crippen LogP contribution in [0.15, 0.2) is 36.8 Å². The maximum absolute atomic E-state index is 13.7. The number of hydrogen-bond donors (Lipinski definition) is 1. The molecule has 146 valence electrons. The molecule has 0 aromatic carbocycles. The van der Waals surface area contributed by atoms with Crippen LogP contribution in [0, 0.1) is 11.7 Å². The zero-order valence-electron chi connectivity index (χ0n) is 16.0. The minimum absolute atomic E-state index is 0.0933. The molecule has 2 N–H and O–H groups in total. The number of halogens is 1. The number of imidazole rings is 1. The Balaban J connectivity index is 1.80. The Kier molecular flexibility index (Phi) is 4.49. The lowest BCUT2D eigenvalue weighted by Crippen LogP contribution is -2.58. The third-order valence-corrected chi connectivity index (χ3v) is 5.89. The first-order valence-corrected chi connectivity index (χ1v) is 9.51. The highest BCUT2D eigenvalue weighted by Gasteiger charge is 2.50. The summed E-state index contributed by atoms with van der Waals surface area (Å²) in [5, 5.41) is 0. The summed E-state index contributed by atoms with van der Waals surface area (Å²) < 4.78 is 15.3. The van der Waals surface area contributed by atoms with Gasteiger partial charge in [0.25, 0.3) is 0 Å². The van der Waals surface area contributed by atoms with Crippen LogP contribution in [0.4, 0.5) is 10.2 Å². The van der Waals surface area contributed by atoms with Crippen LogP contribution >= 0.6 is 0 Å². The van der Waals surface area contributed by atoms with Crippen LogP contribution in [0.5, 0.6) is 0 Å². The summed E-state index contributed by atoms with van der Waals surface area (Å²) in [5.74, 6) is 0.470.